The first kappa shape index (κ1) is 25.2. The molecule has 1 aliphatic rings. The summed E-state index contributed by atoms with van der Waals surface area (Å²) in [4.78, 5) is 32.3. The summed E-state index contributed by atoms with van der Waals surface area (Å²) < 4.78 is 1.83. The number of nitrogens with one attached hydrogen (secondary N) is 1. The Balaban J connectivity index is 1.33. The predicted molar refractivity (Wildman–Crippen MR) is 149 cm³/mol. The lowest BCUT2D eigenvalue weighted by Crippen LogP contribution is -2.68. The van der Waals surface area contributed by atoms with Crippen LogP contribution in [-0.2, 0) is 18.4 Å². The number of urea groups is 1. The summed E-state index contributed by atoms with van der Waals surface area (Å²) in [6.07, 6.45) is 1.67. The summed E-state index contributed by atoms with van der Waals surface area (Å²) in [5.41, 5.74) is 4.70. The first-order chi connectivity index (χ1) is 17.8. The number of carbonyl (C=O) groups is 2. The zero-order valence-electron chi connectivity index (χ0n) is 21.6. The fourth-order valence-electron chi connectivity index (χ4n) is 5.49. The van der Waals surface area contributed by atoms with Crippen molar-refractivity contribution in [3.8, 4) is 11.1 Å². The molecule has 1 N–H and O–H groups in total. The second-order valence-electron chi connectivity index (χ2n) is 10.3. The third kappa shape index (κ3) is 4.69. The molecule has 190 valence electrons. The van der Waals surface area contributed by atoms with Gasteiger partial charge in [0.05, 0.1) is 17.6 Å². The Kier molecular flexibility index (Phi) is 6.92. The number of thioether (sulfide) groups is 1. The molecular formula is C30H33N4O2S+. The number of aryl methyl sites for hydroxylation is 1. The van der Waals surface area contributed by atoms with E-state index in [1.54, 1.807) is 0 Å². The highest BCUT2D eigenvalue weighted by atomic mass is 32.2. The van der Waals surface area contributed by atoms with Gasteiger partial charge in [-0.2, -0.15) is 4.48 Å². The van der Waals surface area contributed by atoms with Crippen LogP contribution in [0.1, 0.15) is 32.3 Å². The van der Waals surface area contributed by atoms with Crippen LogP contribution in [0, 0.1) is 0 Å². The minimum atomic E-state index is -0.472. The molecule has 0 spiro atoms. The van der Waals surface area contributed by atoms with Crippen molar-refractivity contribution in [3.63, 3.8) is 0 Å². The Morgan fingerprint density at radius 3 is 2.46 bits per heavy atom. The third-order valence-electron chi connectivity index (χ3n) is 7.64. The van der Waals surface area contributed by atoms with Gasteiger partial charge >= 0.3 is 11.9 Å². The van der Waals surface area contributed by atoms with Crippen molar-refractivity contribution in [2.75, 3.05) is 12.3 Å². The predicted octanol–water partition coefficient (Wildman–Crippen LogP) is 6.16. The number of rotatable bonds is 6. The molecule has 1 saturated heterocycles. The van der Waals surface area contributed by atoms with Crippen molar-refractivity contribution in [1.29, 1.82) is 0 Å². The molecule has 0 bridgehead atoms. The first-order valence-corrected chi connectivity index (χ1v) is 13.7. The standard InChI is InChI=1S/C30H32N4O2S/c1-30(2)17-10-18-34(30,27(35)21-37-28-32-25-15-7-8-16-26(25)33(28)3)29(36)31-20-22-11-9-14-24(19-22)23-12-5-4-6-13-23/h4-9,11-16,19H,10,17-18,20-21H2,1-3H3/p+1. The summed E-state index contributed by atoms with van der Waals surface area (Å²) in [5, 5.41) is 3.89. The number of benzene rings is 3. The highest BCUT2D eigenvalue weighted by Gasteiger charge is 2.59. The second-order valence-corrected chi connectivity index (χ2v) is 11.2. The molecule has 6 nitrogen and oxygen atoms in total. The van der Waals surface area contributed by atoms with E-state index in [0.29, 0.717) is 13.1 Å². The maximum atomic E-state index is 13.8. The van der Waals surface area contributed by atoms with Crippen molar-refractivity contribution >= 4 is 34.7 Å². The average molecular weight is 514 g/mol. The quantitative estimate of drug-likeness (QED) is 0.248. The lowest BCUT2D eigenvalue weighted by Gasteiger charge is -2.39. The fraction of sp³-hybridized carbons (Fsp3) is 0.300. The number of amides is 3. The number of para-hydroxylation sites is 2. The minimum absolute atomic E-state index is 0.0740. The molecule has 0 saturated carbocycles. The molecule has 1 fully saturated rings. The van der Waals surface area contributed by atoms with Gasteiger partial charge in [-0.05, 0) is 48.7 Å². The average Bonchev–Trinajstić information content (AvgIpc) is 3.42. The molecule has 3 amide bonds. The van der Waals surface area contributed by atoms with Gasteiger partial charge in [-0.3, -0.25) is 0 Å². The van der Waals surface area contributed by atoms with Crippen LogP contribution in [0.15, 0.2) is 84.0 Å². The molecular weight excluding hydrogens is 480 g/mol. The molecule has 2 heterocycles. The maximum absolute atomic E-state index is 13.8. The van der Waals surface area contributed by atoms with E-state index in [1.807, 2.05) is 80.1 Å². The van der Waals surface area contributed by atoms with Crippen LogP contribution in [0.4, 0.5) is 4.79 Å². The van der Waals surface area contributed by atoms with E-state index in [1.165, 1.54) is 11.8 Å². The summed E-state index contributed by atoms with van der Waals surface area (Å²) in [6, 6.07) is 26.1. The number of nitrogens with zero attached hydrogens (tertiary/aromatic N) is 3. The van der Waals surface area contributed by atoms with Crippen molar-refractivity contribution in [2.45, 2.75) is 43.9 Å². The largest absolute Gasteiger partial charge is 0.424 e. The van der Waals surface area contributed by atoms with E-state index in [0.717, 1.165) is 45.7 Å². The first-order valence-electron chi connectivity index (χ1n) is 12.7. The number of fused-ring (bicyclic) bond motifs is 1. The van der Waals surface area contributed by atoms with Crippen molar-refractivity contribution in [3.05, 3.63) is 84.4 Å². The van der Waals surface area contributed by atoms with Crippen LogP contribution >= 0.6 is 11.8 Å². The van der Waals surface area contributed by atoms with E-state index in [9.17, 15) is 9.59 Å². The van der Waals surface area contributed by atoms with E-state index in [4.69, 9.17) is 4.98 Å². The van der Waals surface area contributed by atoms with Crippen LogP contribution < -0.4 is 5.32 Å². The van der Waals surface area contributed by atoms with Gasteiger partial charge in [0, 0.05) is 26.4 Å². The Bertz CT molecular complexity index is 1450. The molecule has 7 heteroatoms. The molecule has 1 aliphatic heterocycles. The lowest BCUT2D eigenvalue weighted by atomic mass is 9.99. The van der Waals surface area contributed by atoms with Crippen molar-refractivity contribution in [1.82, 2.24) is 14.9 Å². The number of imide groups is 1. The van der Waals surface area contributed by atoms with Crippen LogP contribution in [-0.4, -0.2) is 43.8 Å². The van der Waals surface area contributed by atoms with Gasteiger partial charge in [0.1, 0.15) is 11.3 Å². The van der Waals surface area contributed by atoms with Gasteiger partial charge in [0.15, 0.2) is 5.16 Å². The van der Waals surface area contributed by atoms with Gasteiger partial charge in [0.25, 0.3) is 0 Å². The summed E-state index contributed by atoms with van der Waals surface area (Å²) in [7, 11) is 1.96. The van der Waals surface area contributed by atoms with Gasteiger partial charge in [0.2, 0.25) is 0 Å². The molecule has 3 aromatic carbocycles. The molecule has 0 aliphatic carbocycles. The zero-order chi connectivity index (χ0) is 26.0. The van der Waals surface area contributed by atoms with Crippen LogP contribution in [0.3, 0.4) is 0 Å². The molecule has 0 radical (unpaired) electrons. The second kappa shape index (κ2) is 10.1. The zero-order valence-corrected chi connectivity index (χ0v) is 22.4. The van der Waals surface area contributed by atoms with Gasteiger partial charge in [-0.25, -0.2) is 14.6 Å². The Morgan fingerprint density at radius 1 is 1.00 bits per heavy atom. The number of imidazole rings is 1. The summed E-state index contributed by atoms with van der Waals surface area (Å²) in [5.74, 6) is 0.118. The molecule has 4 aromatic rings. The minimum Gasteiger partial charge on any atom is -0.322 e. The highest BCUT2D eigenvalue weighted by Crippen LogP contribution is 2.39. The summed E-state index contributed by atoms with van der Waals surface area (Å²) >= 11 is 1.41. The van der Waals surface area contributed by atoms with Crippen LogP contribution in [0.5, 0.6) is 0 Å². The normalized spacial score (nSPS) is 18.7. The molecule has 1 aromatic heterocycles. The van der Waals surface area contributed by atoms with Crippen LogP contribution in [0.2, 0.25) is 0 Å². The fourth-order valence-corrected chi connectivity index (χ4v) is 6.42. The van der Waals surface area contributed by atoms with E-state index in [-0.39, 0.29) is 22.2 Å². The van der Waals surface area contributed by atoms with Gasteiger partial charge in [-0.1, -0.05) is 72.4 Å². The van der Waals surface area contributed by atoms with Gasteiger partial charge in [-0.15, -0.1) is 0 Å². The molecule has 1 unspecified atom stereocenters. The number of likely N-dealkylation sites (tertiary alicyclic amines) is 1. The summed E-state index contributed by atoms with van der Waals surface area (Å²) in [6.45, 7) is 4.96. The topological polar surface area (TPSA) is 64.0 Å². The van der Waals surface area contributed by atoms with E-state index >= 15 is 0 Å². The van der Waals surface area contributed by atoms with Crippen LogP contribution in [0.25, 0.3) is 22.2 Å². The number of hydrogen-bond acceptors (Lipinski definition) is 4. The monoisotopic (exact) mass is 513 g/mol. The molecule has 5 rings (SSSR count). The Labute approximate surface area is 222 Å². The Hall–Kier alpha value is -3.42. The van der Waals surface area contributed by atoms with Crippen molar-refractivity contribution < 1.29 is 14.1 Å². The SMILES string of the molecule is Cn1c(SCC(=O)[N+]2(C(=O)NCc3cccc(-c4ccccc4)c3)CCCC2(C)C)nc2ccccc21. The Morgan fingerprint density at radius 2 is 1.73 bits per heavy atom. The van der Waals surface area contributed by atoms with Crippen molar-refractivity contribution in [2.24, 2.45) is 7.05 Å². The molecule has 37 heavy (non-hydrogen) atoms. The number of hydrogen-bond donors (Lipinski definition) is 1. The maximum Gasteiger partial charge on any atom is 0.424 e. The molecule has 1 atom stereocenters. The van der Waals surface area contributed by atoms with E-state index < -0.39 is 5.54 Å². The number of carbonyl (C=O) groups excluding carboxylic acids is 2. The number of quaternary nitrogens is 1. The lowest BCUT2D eigenvalue weighted by molar-refractivity contribution is -0.811. The van der Waals surface area contributed by atoms with Gasteiger partial charge < -0.3 is 9.88 Å². The third-order valence-corrected chi connectivity index (χ3v) is 8.65. The van der Waals surface area contributed by atoms with E-state index in [2.05, 4.69) is 29.6 Å². The highest BCUT2D eigenvalue weighted by molar-refractivity contribution is 7.99. The smallest absolute Gasteiger partial charge is 0.322 e. The number of aromatic nitrogens is 2.